The summed E-state index contributed by atoms with van der Waals surface area (Å²) in [6, 6.07) is 13.7. The zero-order valence-corrected chi connectivity index (χ0v) is 17.9. The van der Waals surface area contributed by atoms with Gasteiger partial charge in [0.05, 0.1) is 4.92 Å². The van der Waals surface area contributed by atoms with Gasteiger partial charge in [-0.15, -0.1) is 0 Å². The van der Waals surface area contributed by atoms with Gasteiger partial charge in [0.2, 0.25) is 0 Å². The number of urea groups is 1. The largest absolute Gasteiger partial charge is 0.350 e. The fraction of sp³-hybridized carbons (Fsp3) is 0.391. The second-order valence-electron chi connectivity index (χ2n) is 8.09. The molecule has 2 aliphatic rings. The number of likely N-dealkylation sites (tertiary alicyclic amines) is 1. The Morgan fingerprint density at radius 3 is 2.09 bits per heavy atom. The third-order valence-corrected chi connectivity index (χ3v) is 5.96. The summed E-state index contributed by atoms with van der Waals surface area (Å²) in [4.78, 5) is 42.1. The molecule has 0 bridgehead atoms. The number of nitrogens with zero attached hydrogens (tertiary/aromatic N) is 4. The number of para-hydroxylation sites is 1. The fourth-order valence-electron chi connectivity index (χ4n) is 4.17. The summed E-state index contributed by atoms with van der Waals surface area (Å²) >= 11 is 0. The summed E-state index contributed by atoms with van der Waals surface area (Å²) < 4.78 is 0. The van der Waals surface area contributed by atoms with E-state index >= 15 is 0 Å². The molecular formula is C23H27N5O4. The molecule has 32 heavy (non-hydrogen) atoms. The van der Waals surface area contributed by atoms with E-state index in [-0.39, 0.29) is 23.2 Å². The summed E-state index contributed by atoms with van der Waals surface area (Å²) in [6.07, 6.45) is 3.24. The van der Waals surface area contributed by atoms with E-state index < -0.39 is 4.92 Å². The van der Waals surface area contributed by atoms with Crippen molar-refractivity contribution in [1.29, 1.82) is 0 Å². The Bertz CT molecular complexity index is 983. The minimum absolute atomic E-state index is 0.0452. The lowest BCUT2D eigenvalue weighted by atomic mass is 10.1. The SMILES string of the molecule is O=C(c1ccc(Nc2ccccc2)c([N+](=O)[O-])c1)N1CCN(C(=O)N2CCCCC2)CC1. The van der Waals surface area contributed by atoms with Crippen LogP contribution in [0, 0.1) is 10.1 Å². The van der Waals surface area contributed by atoms with Gasteiger partial charge in [-0.3, -0.25) is 14.9 Å². The van der Waals surface area contributed by atoms with E-state index in [1.807, 2.05) is 35.2 Å². The molecule has 2 saturated heterocycles. The number of rotatable bonds is 4. The Balaban J connectivity index is 1.41. The van der Waals surface area contributed by atoms with Crippen LogP contribution in [0.25, 0.3) is 0 Å². The van der Waals surface area contributed by atoms with Crippen molar-refractivity contribution < 1.29 is 14.5 Å². The van der Waals surface area contributed by atoms with Crippen molar-refractivity contribution in [2.45, 2.75) is 19.3 Å². The summed E-state index contributed by atoms with van der Waals surface area (Å²) in [5.74, 6) is -0.260. The Morgan fingerprint density at radius 2 is 1.44 bits per heavy atom. The molecule has 2 fully saturated rings. The number of hydrogen-bond acceptors (Lipinski definition) is 5. The number of hydrogen-bond donors (Lipinski definition) is 1. The van der Waals surface area contributed by atoms with Gasteiger partial charge in [-0.05, 0) is 43.5 Å². The topological polar surface area (TPSA) is 99.0 Å². The summed E-state index contributed by atoms with van der Waals surface area (Å²) in [5, 5.41) is 14.7. The average molecular weight is 438 g/mol. The lowest BCUT2D eigenvalue weighted by Crippen LogP contribution is -2.54. The Kier molecular flexibility index (Phi) is 6.53. The summed E-state index contributed by atoms with van der Waals surface area (Å²) in [5.41, 5.74) is 1.17. The highest BCUT2D eigenvalue weighted by atomic mass is 16.6. The maximum atomic E-state index is 13.0. The fourth-order valence-corrected chi connectivity index (χ4v) is 4.17. The van der Waals surface area contributed by atoms with Gasteiger partial charge >= 0.3 is 6.03 Å². The normalized spacial score (nSPS) is 16.6. The van der Waals surface area contributed by atoms with Gasteiger partial charge < -0.3 is 20.0 Å². The van der Waals surface area contributed by atoms with E-state index in [2.05, 4.69) is 5.32 Å². The van der Waals surface area contributed by atoms with Crippen molar-refractivity contribution >= 4 is 29.0 Å². The van der Waals surface area contributed by atoms with E-state index in [1.54, 1.807) is 21.9 Å². The van der Waals surface area contributed by atoms with E-state index in [9.17, 15) is 19.7 Å². The molecule has 0 saturated carbocycles. The smallest absolute Gasteiger partial charge is 0.320 e. The number of amides is 3. The van der Waals surface area contributed by atoms with Crippen LogP contribution < -0.4 is 5.32 Å². The number of anilines is 2. The van der Waals surface area contributed by atoms with Crippen LogP contribution in [0.3, 0.4) is 0 Å². The van der Waals surface area contributed by atoms with Gasteiger partial charge in [-0.1, -0.05) is 18.2 Å². The van der Waals surface area contributed by atoms with Crippen LogP contribution in [0.5, 0.6) is 0 Å². The van der Waals surface area contributed by atoms with Gasteiger partial charge in [0, 0.05) is 56.6 Å². The molecule has 0 aromatic heterocycles. The van der Waals surface area contributed by atoms with Crippen molar-refractivity contribution in [1.82, 2.24) is 14.7 Å². The maximum Gasteiger partial charge on any atom is 0.320 e. The molecule has 0 spiro atoms. The Hall–Kier alpha value is -3.62. The Morgan fingerprint density at radius 1 is 0.812 bits per heavy atom. The van der Waals surface area contributed by atoms with Crippen molar-refractivity contribution in [3.05, 3.63) is 64.2 Å². The molecule has 168 valence electrons. The van der Waals surface area contributed by atoms with Crippen LogP contribution in [0.15, 0.2) is 48.5 Å². The van der Waals surface area contributed by atoms with E-state index in [1.165, 1.54) is 6.07 Å². The quantitative estimate of drug-likeness (QED) is 0.581. The van der Waals surface area contributed by atoms with Gasteiger partial charge in [0.15, 0.2) is 0 Å². The zero-order chi connectivity index (χ0) is 22.5. The predicted octanol–water partition coefficient (Wildman–Crippen LogP) is 3.70. The van der Waals surface area contributed by atoms with Crippen LogP contribution in [0.4, 0.5) is 21.9 Å². The average Bonchev–Trinajstić information content (AvgIpc) is 2.84. The summed E-state index contributed by atoms with van der Waals surface area (Å²) in [6.45, 7) is 3.36. The lowest BCUT2D eigenvalue weighted by Gasteiger charge is -2.38. The van der Waals surface area contributed by atoms with Crippen LogP contribution in [0.1, 0.15) is 29.6 Å². The van der Waals surface area contributed by atoms with Gasteiger partial charge in [-0.2, -0.15) is 0 Å². The molecule has 4 rings (SSSR count). The molecule has 0 aliphatic carbocycles. The predicted molar refractivity (Wildman–Crippen MR) is 121 cm³/mol. The highest BCUT2D eigenvalue weighted by Gasteiger charge is 2.29. The molecule has 1 N–H and O–H groups in total. The number of carbonyl (C=O) groups is 2. The van der Waals surface area contributed by atoms with E-state index in [4.69, 9.17) is 0 Å². The third kappa shape index (κ3) is 4.82. The van der Waals surface area contributed by atoms with Crippen molar-refractivity contribution in [3.63, 3.8) is 0 Å². The van der Waals surface area contributed by atoms with Gasteiger partial charge in [-0.25, -0.2) is 4.79 Å². The molecule has 2 aromatic rings. The second-order valence-corrected chi connectivity index (χ2v) is 8.09. The summed E-state index contributed by atoms with van der Waals surface area (Å²) in [7, 11) is 0. The molecule has 9 nitrogen and oxygen atoms in total. The Labute approximate surface area is 186 Å². The molecule has 0 radical (unpaired) electrons. The monoisotopic (exact) mass is 437 g/mol. The van der Waals surface area contributed by atoms with Crippen LogP contribution >= 0.6 is 0 Å². The van der Waals surface area contributed by atoms with Gasteiger partial charge in [0.25, 0.3) is 11.6 Å². The number of piperazine rings is 1. The lowest BCUT2D eigenvalue weighted by molar-refractivity contribution is -0.383. The van der Waals surface area contributed by atoms with Crippen molar-refractivity contribution in [3.8, 4) is 0 Å². The first-order valence-corrected chi connectivity index (χ1v) is 11.0. The number of benzene rings is 2. The minimum atomic E-state index is -0.489. The number of nitrogens with one attached hydrogen (secondary N) is 1. The van der Waals surface area contributed by atoms with Crippen molar-refractivity contribution in [2.75, 3.05) is 44.6 Å². The number of nitro groups is 1. The number of carbonyl (C=O) groups excluding carboxylic acids is 2. The first-order chi connectivity index (χ1) is 15.5. The first kappa shape index (κ1) is 21.6. The molecule has 2 heterocycles. The standard InChI is InChI=1S/C23H27N5O4/c29-22(25-13-15-27(16-14-25)23(30)26-11-5-2-6-12-26)18-9-10-20(21(17-18)28(31)32)24-19-7-3-1-4-8-19/h1,3-4,7-10,17,24H,2,5-6,11-16H2. The molecule has 9 heteroatoms. The third-order valence-electron chi connectivity index (χ3n) is 5.96. The van der Waals surface area contributed by atoms with Gasteiger partial charge in [0.1, 0.15) is 5.69 Å². The van der Waals surface area contributed by atoms with Crippen LogP contribution in [-0.2, 0) is 0 Å². The number of piperidine rings is 1. The van der Waals surface area contributed by atoms with E-state index in [0.717, 1.165) is 38.0 Å². The zero-order valence-electron chi connectivity index (χ0n) is 17.9. The van der Waals surface area contributed by atoms with E-state index in [0.29, 0.717) is 31.9 Å². The molecule has 2 aromatic carbocycles. The molecule has 3 amide bonds. The van der Waals surface area contributed by atoms with Crippen LogP contribution in [0.2, 0.25) is 0 Å². The second kappa shape index (κ2) is 9.67. The maximum absolute atomic E-state index is 13.0. The minimum Gasteiger partial charge on any atom is -0.350 e. The number of nitro benzene ring substituents is 1. The molecule has 2 aliphatic heterocycles. The first-order valence-electron chi connectivity index (χ1n) is 11.0. The molecule has 0 atom stereocenters. The van der Waals surface area contributed by atoms with Crippen molar-refractivity contribution in [2.24, 2.45) is 0 Å². The molecular weight excluding hydrogens is 410 g/mol. The highest BCUT2D eigenvalue weighted by molar-refractivity contribution is 5.96. The van der Waals surface area contributed by atoms with Crippen LogP contribution in [-0.4, -0.2) is 70.8 Å². The highest BCUT2D eigenvalue weighted by Crippen LogP contribution is 2.29. The molecule has 0 unspecified atom stereocenters.